The largest absolute Gasteiger partial charge is 0.345 e. The van der Waals surface area contributed by atoms with Crippen LogP contribution in [0.2, 0.25) is 0 Å². The molecule has 2 heterocycles. The summed E-state index contributed by atoms with van der Waals surface area (Å²) < 4.78 is 15.4. The second kappa shape index (κ2) is 7.92. The van der Waals surface area contributed by atoms with Crippen LogP contribution in [0, 0.1) is 29.0 Å². The molecule has 33 heavy (non-hydrogen) atoms. The Balaban J connectivity index is 1.12. The molecule has 2 amide bonds. The van der Waals surface area contributed by atoms with Crippen molar-refractivity contribution in [2.45, 2.75) is 58.0 Å². The highest BCUT2D eigenvalue weighted by atomic mass is 19.1. The molecule has 7 rings (SSSR count). The summed E-state index contributed by atoms with van der Waals surface area (Å²) in [6.45, 7) is 2.17. The van der Waals surface area contributed by atoms with Crippen LogP contribution in [0.4, 0.5) is 4.39 Å². The van der Waals surface area contributed by atoms with Gasteiger partial charge >= 0.3 is 0 Å². The Morgan fingerprint density at radius 1 is 1.03 bits per heavy atom. The number of hydrogen-bond acceptors (Lipinski definition) is 4. The van der Waals surface area contributed by atoms with Gasteiger partial charge < -0.3 is 14.8 Å². The third kappa shape index (κ3) is 3.73. The zero-order valence-corrected chi connectivity index (χ0v) is 18.8. The van der Waals surface area contributed by atoms with E-state index in [-0.39, 0.29) is 23.4 Å². The van der Waals surface area contributed by atoms with Crippen molar-refractivity contribution in [2.75, 3.05) is 13.1 Å². The number of fused-ring (bicyclic) bond motifs is 1. The number of amides is 2. The third-order valence-electron chi connectivity index (χ3n) is 8.38. The van der Waals surface area contributed by atoms with Crippen molar-refractivity contribution < 1.29 is 14.0 Å². The number of hydrogen-bond donors (Lipinski definition) is 1. The number of aromatic nitrogens is 3. The van der Waals surface area contributed by atoms with E-state index in [2.05, 4.69) is 20.4 Å². The van der Waals surface area contributed by atoms with Crippen molar-refractivity contribution >= 4 is 11.8 Å². The summed E-state index contributed by atoms with van der Waals surface area (Å²) >= 11 is 0. The van der Waals surface area contributed by atoms with Gasteiger partial charge in [0.2, 0.25) is 5.91 Å². The molecule has 0 saturated heterocycles. The zero-order valence-electron chi connectivity index (χ0n) is 18.8. The molecule has 1 aromatic carbocycles. The molecule has 0 unspecified atom stereocenters. The normalized spacial score (nSPS) is 30.1. The number of nitrogens with zero attached hydrogens (tertiary/aromatic N) is 4. The maximum Gasteiger partial charge on any atom is 0.251 e. The number of carbonyl (C=O) groups is 2. The third-order valence-corrected chi connectivity index (χ3v) is 8.38. The molecule has 174 valence electrons. The van der Waals surface area contributed by atoms with E-state index in [1.165, 1.54) is 37.5 Å². The number of carbonyl (C=O) groups excluding carboxylic acids is 2. The fourth-order valence-corrected chi connectivity index (χ4v) is 7.32. The topological polar surface area (TPSA) is 80.1 Å². The van der Waals surface area contributed by atoms with Crippen molar-refractivity contribution in [2.24, 2.45) is 23.2 Å². The van der Waals surface area contributed by atoms with Crippen molar-refractivity contribution in [1.29, 1.82) is 0 Å². The minimum Gasteiger partial charge on any atom is -0.345 e. The van der Waals surface area contributed by atoms with Crippen LogP contribution in [0.25, 0.3) is 0 Å². The molecule has 0 spiro atoms. The molecule has 8 heteroatoms. The first-order valence-electron chi connectivity index (χ1n) is 12.2. The summed E-state index contributed by atoms with van der Waals surface area (Å²) in [5, 5.41) is 11.4. The molecule has 4 saturated carbocycles. The number of benzene rings is 1. The first-order chi connectivity index (χ1) is 16.0. The highest BCUT2D eigenvalue weighted by molar-refractivity contribution is 5.94. The first-order valence-corrected chi connectivity index (χ1v) is 12.2. The van der Waals surface area contributed by atoms with Crippen LogP contribution >= 0.6 is 0 Å². The smallest absolute Gasteiger partial charge is 0.251 e. The van der Waals surface area contributed by atoms with Crippen LogP contribution in [-0.4, -0.2) is 44.6 Å². The van der Waals surface area contributed by atoms with E-state index in [0.29, 0.717) is 37.8 Å². The molecular formula is C25H30FN5O2. The maximum atomic E-state index is 13.8. The second-order valence-corrected chi connectivity index (χ2v) is 10.6. The molecular weight excluding hydrogens is 421 g/mol. The number of halogens is 1. The summed E-state index contributed by atoms with van der Waals surface area (Å²) in [6, 6.07) is 5.62. The van der Waals surface area contributed by atoms with Gasteiger partial charge in [-0.2, -0.15) is 0 Å². The highest BCUT2D eigenvalue weighted by Crippen LogP contribution is 2.60. The molecule has 1 aliphatic heterocycles. The summed E-state index contributed by atoms with van der Waals surface area (Å²) in [4.78, 5) is 28.2. The molecule has 4 aliphatic carbocycles. The fourth-order valence-electron chi connectivity index (χ4n) is 7.32. The average Bonchev–Trinajstić information content (AvgIpc) is 3.05. The van der Waals surface area contributed by atoms with E-state index in [1.54, 1.807) is 6.07 Å². The van der Waals surface area contributed by atoms with Gasteiger partial charge in [0, 0.05) is 31.6 Å². The minimum atomic E-state index is -0.442. The lowest BCUT2D eigenvalue weighted by Crippen LogP contribution is -2.55. The van der Waals surface area contributed by atoms with Gasteiger partial charge in [-0.3, -0.25) is 9.59 Å². The van der Waals surface area contributed by atoms with E-state index in [9.17, 15) is 14.0 Å². The van der Waals surface area contributed by atoms with Crippen LogP contribution in [0.3, 0.4) is 0 Å². The predicted molar refractivity (Wildman–Crippen MR) is 118 cm³/mol. The standard InChI is InChI=1S/C25H30FN5O2/c26-20-3-1-2-19(11-20)23(32)27-15-22-29-28-21-4-5-30(6-7-31(21)22)24(33)25-12-16-8-17(13-25)10-18(9-16)14-25/h1-3,11,16-18H,4-10,12-15H2,(H,27,32). The SMILES string of the molecule is O=C(NCc1nnc2n1CCN(C(=O)C13CC4CC(CC(C4)C1)C3)CC2)c1cccc(F)c1. The van der Waals surface area contributed by atoms with Gasteiger partial charge in [-0.25, -0.2) is 4.39 Å². The summed E-state index contributed by atoms with van der Waals surface area (Å²) in [5.74, 6) is 3.34. The van der Waals surface area contributed by atoms with E-state index < -0.39 is 5.82 Å². The van der Waals surface area contributed by atoms with E-state index >= 15 is 0 Å². The first kappa shape index (κ1) is 20.8. The molecule has 0 atom stereocenters. The summed E-state index contributed by atoms with van der Waals surface area (Å²) in [6.07, 6.45) is 7.91. The van der Waals surface area contributed by atoms with Crippen LogP contribution in [0.1, 0.15) is 60.5 Å². The summed E-state index contributed by atoms with van der Waals surface area (Å²) in [5.41, 5.74) is 0.152. The van der Waals surface area contributed by atoms with Crippen molar-refractivity contribution in [1.82, 2.24) is 25.0 Å². The van der Waals surface area contributed by atoms with Gasteiger partial charge in [0.15, 0.2) is 5.82 Å². The van der Waals surface area contributed by atoms with Crippen molar-refractivity contribution in [3.05, 3.63) is 47.3 Å². The van der Waals surface area contributed by atoms with Crippen LogP contribution in [0.15, 0.2) is 24.3 Å². The van der Waals surface area contributed by atoms with Gasteiger partial charge in [0.25, 0.3) is 5.91 Å². The van der Waals surface area contributed by atoms with E-state index in [1.807, 2.05) is 4.57 Å². The molecule has 4 bridgehead atoms. The zero-order chi connectivity index (χ0) is 22.6. The van der Waals surface area contributed by atoms with E-state index in [0.717, 1.165) is 42.8 Å². The Hall–Kier alpha value is -2.77. The predicted octanol–water partition coefficient (Wildman–Crippen LogP) is 2.95. The molecule has 5 aliphatic rings. The Kier molecular flexibility index (Phi) is 4.99. The van der Waals surface area contributed by atoms with Crippen molar-refractivity contribution in [3.63, 3.8) is 0 Å². The van der Waals surface area contributed by atoms with Gasteiger partial charge in [0.05, 0.1) is 12.0 Å². The molecule has 1 aromatic heterocycles. The average molecular weight is 452 g/mol. The van der Waals surface area contributed by atoms with Crippen LogP contribution < -0.4 is 5.32 Å². The van der Waals surface area contributed by atoms with Gasteiger partial charge in [0.1, 0.15) is 11.6 Å². The van der Waals surface area contributed by atoms with Gasteiger partial charge in [-0.1, -0.05) is 6.07 Å². The monoisotopic (exact) mass is 451 g/mol. The molecule has 0 radical (unpaired) electrons. The van der Waals surface area contributed by atoms with E-state index in [4.69, 9.17) is 0 Å². The molecule has 7 nitrogen and oxygen atoms in total. The Bertz CT molecular complexity index is 1060. The second-order valence-electron chi connectivity index (χ2n) is 10.6. The maximum absolute atomic E-state index is 13.8. The number of nitrogens with one attached hydrogen (secondary N) is 1. The lowest BCUT2D eigenvalue weighted by atomic mass is 9.49. The lowest BCUT2D eigenvalue weighted by Gasteiger charge is -2.56. The Morgan fingerprint density at radius 2 is 1.76 bits per heavy atom. The molecule has 1 N–H and O–H groups in total. The lowest BCUT2D eigenvalue weighted by molar-refractivity contribution is -0.157. The van der Waals surface area contributed by atoms with Gasteiger partial charge in [-0.15, -0.1) is 10.2 Å². The Morgan fingerprint density at radius 3 is 2.45 bits per heavy atom. The number of rotatable bonds is 4. The molecule has 2 aromatic rings. The van der Waals surface area contributed by atoms with Gasteiger partial charge in [-0.05, 0) is 74.5 Å². The Labute approximate surface area is 192 Å². The molecule has 4 fully saturated rings. The van der Waals surface area contributed by atoms with Crippen LogP contribution in [-0.2, 0) is 24.3 Å². The van der Waals surface area contributed by atoms with Crippen molar-refractivity contribution in [3.8, 4) is 0 Å². The quantitative estimate of drug-likeness (QED) is 0.775. The minimum absolute atomic E-state index is 0.124. The highest BCUT2D eigenvalue weighted by Gasteiger charge is 2.55. The fraction of sp³-hybridized carbons (Fsp3) is 0.600. The summed E-state index contributed by atoms with van der Waals surface area (Å²) in [7, 11) is 0. The van der Waals surface area contributed by atoms with Crippen LogP contribution in [0.5, 0.6) is 0 Å².